The normalized spacial score (nSPS) is 18.7. The van der Waals surface area contributed by atoms with Crippen LogP contribution in [0.3, 0.4) is 0 Å². The summed E-state index contributed by atoms with van der Waals surface area (Å²) in [7, 11) is 0. The number of allylic oxidation sites excluding steroid dienone is 7. The van der Waals surface area contributed by atoms with E-state index in [9.17, 15) is 43.2 Å². The molecule has 34 nitrogen and oxygen atoms in total. The van der Waals surface area contributed by atoms with Gasteiger partial charge in [-0.15, -0.1) is 0 Å². The van der Waals surface area contributed by atoms with E-state index < -0.39 is 61.9 Å². The lowest BCUT2D eigenvalue weighted by Gasteiger charge is -2.29. The summed E-state index contributed by atoms with van der Waals surface area (Å²) in [6.07, 6.45) is 17.5. The standard InChI is InChI=1S/C19H19NO3.2C13H14O4.C12H12O5.2C12H12O4.C11H10O4.C10H8O5.2CH4/c1-12-13(2)19(23-18-15(4)22-11-10-17(18)21)20(14(12)3)16-8-6-5-7-9-16;1-7-8(2)13(16-9(7)3)17-12-10(4)15-6-5-11(12)14;1-4-11-13(10(14)5-6-15-11)17-12-7-8(2)9(3)16-12;1-7-3-12(16-8(7)2)17-11-6-15-9(5-13)4-10(11)14;1-7-4-12(15-9(7)3)16-11-6-14-8(2)5-10(11)13;1-7-4-12(15-9(7)3)16-10-5-8(2)14-11(13)6-10;1-7-5-11(14-8(7)2)15-10-6-13-4-3-9(10)12;1-6-4-9(15-10(6)12)14-8-5-13-3-2-7(8)11;;/h5-11,19H,3H2,1-2,4H3;5-6,13H,3H2,1-2,4H3;5-7,12H,3-4H2,1-2H3;3-4,6,12-13H,2,5H2,1H3;2*4-6,12H,3H2,1-2H3;3-6,11H,2H2,1H3;2-5,9H,1H3;2*1H4. The Bertz CT molecular complexity index is 6720. The molecule has 0 spiro atoms. The number of benzene rings is 1. The number of para-hydroxylation sites is 1. The van der Waals surface area contributed by atoms with E-state index >= 15 is 0 Å². The predicted octanol–water partition coefficient (Wildman–Crippen LogP) is 18.5. The minimum absolute atomic E-state index is 0. The van der Waals surface area contributed by atoms with Gasteiger partial charge in [0.05, 0.1) is 37.4 Å². The maximum Gasteiger partial charge on any atom is 0.339 e. The number of nitrogens with zero attached hydrogens (tertiary/aromatic N) is 1. The Hall–Kier alpha value is -16.7. The number of aliphatic hydroxyl groups excluding tert-OH is 1. The van der Waals surface area contributed by atoms with Gasteiger partial charge >= 0.3 is 11.6 Å². The maximum absolute atomic E-state index is 12.1. The van der Waals surface area contributed by atoms with Crippen LogP contribution < -0.4 is 86.4 Å². The Morgan fingerprint density at radius 1 is 0.362 bits per heavy atom. The highest BCUT2D eigenvalue weighted by Crippen LogP contribution is 2.39. The van der Waals surface area contributed by atoms with E-state index in [4.69, 9.17) is 111 Å². The van der Waals surface area contributed by atoms with Crippen LogP contribution >= 0.6 is 0 Å². The molecule has 0 amide bonds. The van der Waals surface area contributed by atoms with Crippen molar-refractivity contribution in [3.8, 4) is 46.0 Å². The topological polar surface area (TPSA) is 421 Å². The second-order valence-corrected chi connectivity index (χ2v) is 30.3. The fourth-order valence-corrected chi connectivity index (χ4v) is 12.2. The zero-order valence-electron chi connectivity index (χ0n) is 77.2. The monoisotopic (exact) mass is 1900 g/mol. The minimum Gasteiger partial charge on any atom is -0.468 e. The molecule has 8 aromatic heterocycles. The van der Waals surface area contributed by atoms with E-state index in [1.165, 1.54) is 98.4 Å². The second-order valence-electron chi connectivity index (χ2n) is 30.3. The molecule has 8 unspecified atom stereocenters. The highest BCUT2D eigenvalue weighted by atomic mass is 16.7. The predicted molar refractivity (Wildman–Crippen MR) is 508 cm³/mol. The third-order valence-corrected chi connectivity index (χ3v) is 20.3. The molecule has 8 aliphatic heterocycles. The summed E-state index contributed by atoms with van der Waals surface area (Å²) in [6.45, 7) is 53.5. The van der Waals surface area contributed by atoms with Crippen LogP contribution in [0, 0.1) is 27.7 Å². The first-order valence-corrected chi connectivity index (χ1v) is 41.7. The lowest BCUT2D eigenvalue weighted by molar-refractivity contribution is -0.148. The number of ether oxygens (including phenoxy) is 15. The third kappa shape index (κ3) is 28.7. The highest BCUT2D eigenvalue weighted by Gasteiger charge is 2.36. The first kappa shape index (κ1) is 107. The molecule has 1 N–H and O–H groups in total. The van der Waals surface area contributed by atoms with E-state index in [1.54, 1.807) is 71.1 Å². The number of hydrogen-bond donors (Lipinski definition) is 1. The van der Waals surface area contributed by atoms with Gasteiger partial charge in [0.15, 0.2) is 6.23 Å². The zero-order chi connectivity index (χ0) is 99.1. The smallest absolute Gasteiger partial charge is 0.339 e. The van der Waals surface area contributed by atoms with Crippen LogP contribution in [0.15, 0.2) is 393 Å². The van der Waals surface area contributed by atoms with Gasteiger partial charge in [-0.3, -0.25) is 33.6 Å². The average molecular weight is 1900 g/mol. The molecule has 0 fully saturated rings. The summed E-state index contributed by atoms with van der Waals surface area (Å²) in [5.41, 5.74) is 8.56. The van der Waals surface area contributed by atoms with Crippen LogP contribution in [0.25, 0.3) is 0 Å². The lowest BCUT2D eigenvalue weighted by Crippen LogP contribution is -2.36. The van der Waals surface area contributed by atoms with Crippen LogP contribution in [0.2, 0.25) is 0 Å². The SMILES string of the molecule is C.C.C=C1C(C)=C(C)C(Oc2c(C)occc2=O)N1c1ccccc1.C=C1OC(Oc2c(C)occc2=O)C(C)=C1C.C=C1OC(Oc2c(CC)occc2=O)C=C1C.C=C1OC(Oc2cc(C)oc(=O)c2)C=C1C.C=C1OC(Oc2coc(C)cc2=O)C=C1C.C=C1OC(Oc2coc(CO)cc2=O)C=C1C.C=C1OC(Oc2coccc2=O)C=C1C.CC1=CC(Oc2coccc2=O)OC1=O. The van der Waals surface area contributed by atoms with Gasteiger partial charge < -0.3 is 116 Å². The van der Waals surface area contributed by atoms with Crippen molar-refractivity contribution in [2.75, 3.05) is 4.90 Å². The van der Waals surface area contributed by atoms with Crippen LogP contribution in [-0.2, 0) is 51.0 Å². The molecule has 138 heavy (non-hydrogen) atoms. The Morgan fingerprint density at radius 3 is 1.17 bits per heavy atom. The van der Waals surface area contributed by atoms with E-state index in [0.717, 1.165) is 74.1 Å². The summed E-state index contributed by atoms with van der Waals surface area (Å²) in [5, 5.41) is 8.79. The maximum atomic E-state index is 12.1. The van der Waals surface area contributed by atoms with Gasteiger partial charge in [-0.2, -0.15) is 0 Å². The van der Waals surface area contributed by atoms with Gasteiger partial charge in [-0.25, -0.2) is 9.59 Å². The molecule has 1 aromatic carbocycles. The fourth-order valence-electron chi connectivity index (χ4n) is 12.2. The van der Waals surface area contributed by atoms with E-state index in [2.05, 4.69) is 46.1 Å². The Balaban J connectivity index is 0.000000194. The van der Waals surface area contributed by atoms with Gasteiger partial charge in [0, 0.05) is 114 Å². The molecular weight excluding hydrogens is 1790 g/mol. The minimum atomic E-state index is -0.845. The molecule has 0 saturated carbocycles. The Kier molecular flexibility index (Phi) is 37.8. The van der Waals surface area contributed by atoms with Crippen LogP contribution in [0.4, 0.5) is 5.69 Å². The summed E-state index contributed by atoms with van der Waals surface area (Å²) >= 11 is 0. The van der Waals surface area contributed by atoms with Crippen molar-refractivity contribution in [2.24, 2.45) is 0 Å². The van der Waals surface area contributed by atoms with Crippen molar-refractivity contribution in [2.45, 2.75) is 182 Å². The quantitative estimate of drug-likeness (QED) is 0.0735. The molecule has 17 rings (SSSR count). The number of aliphatic hydroxyl groups is 1. The van der Waals surface area contributed by atoms with Gasteiger partial charge in [0.1, 0.15) is 107 Å². The number of carbonyl (C=O) groups is 1. The van der Waals surface area contributed by atoms with Gasteiger partial charge in [0.2, 0.25) is 78.2 Å². The Labute approximate surface area is 793 Å². The molecule has 0 saturated heterocycles. The lowest BCUT2D eigenvalue weighted by atomic mass is 10.1. The van der Waals surface area contributed by atoms with Crippen molar-refractivity contribution in [3.05, 3.63) is 436 Å². The second kappa shape index (κ2) is 48.8. The van der Waals surface area contributed by atoms with Crippen molar-refractivity contribution >= 4 is 11.7 Å². The molecule has 0 radical (unpaired) electrons. The number of anilines is 1. The van der Waals surface area contributed by atoms with E-state index in [-0.39, 0.29) is 105 Å². The van der Waals surface area contributed by atoms with Gasteiger partial charge in [-0.1, -0.05) is 86.0 Å². The molecular formula is C104H109NO33. The molecule has 8 aliphatic rings. The van der Waals surface area contributed by atoms with Crippen molar-refractivity contribution in [1.29, 1.82) is 0 Å². The van der Waals surface area contributed by atoms with Crippen molar-refractivity contribution in [1.82, 2.24) is 0 Å². The number of hydrogen-bond acceptors (Lipinski definition) is 34. The first-order chi connectivity index (χ1) is 64.6. The van der Waals surface area contributed by atoms with E-state index in [1.807, 2.05) is 104 Å². The van der Waals surface area contributed by atoms with Crippen LogP contribution in [0.1, 0.15) is 126 Å². The third-order valence-electron chi connectivity index (χ3n) is 20.3. The van der Waals surface area contributed by atoms with Crippen molar-refractivity contribution in [3.63, 3.8) is 0 Å². The molecule has 16 heterocycles. The number of esters is 1. The van der Waals surface area contributed by atoms with Gasteiger partial charge in [-0.05, 0) is 154 Å². The van der Waals surface area contributed by atoms with E-state index in [0.29, 0.717) is 81.1 Å². The number of cyclic esters (lactones) is 1. The molecule has 8 atom stereocenters. The van der Waals surface area contributed by atoms with Crippen LogP contribution in [0.5, 0.6) is 46.0 Å². The molecule has 0 aliphatic carbocycles. The summed E-state index contributed by atoms with van der Waals surface area (Å²) < 4.78 is 120. The molecule has 9 aromatic rings. The summed E-state index contributed by atoms with van der Waals surface area (Å²) in [4.78, 5) is 105. The van der Waals surface area contributed by atoms with Gasteiger partial charge in [0.25, 0.3) is 44.0 Å². The fraction of sp³-hybridized carbons (Fsp3) is 0.260. The highest BCUT2D eigenvalue weighted by molar-refractivity contribution is 5.90. The summed E-state index contributed by atoms with van der Waals surface area (Å²) in [5.74, 6) is 6.92. The van der Waals surface area contributed by atoms with Crippen molar-refractivity contribution < 1.29 is 116 Å². The molecule has 34 heteroatoms. The zero-order valence-corrected chi connectivity index (χ0v) is 77.2. The number of carbonyl (C=O) groups excluding carboxylic acids is 1. The average Bonchev–Trinajstić information content (AvgIpc) is 1.62. The largest absolute Gasteiger partial charge is 0.468 e. The number of rotatable bonds is 19. The van der Waals surface area contributed by atoms with Crippen LogP contribution in [-0.4, -0.2) is 61.3 Å². The molecule has 0 bridgehead atoms. The number of aryl methyl sites for hydroxylation is 5. The Morgan fingerprint density at radius 2 is 0.775 bits per heavy atom. The first-order valence-electron chi connectivity index (χ1n) is 41.7. The molecule has 728 valence electrons. The summed E-state index contributed by atoms with van der Waals surface area (Å²) in [6, 6.07) is 21.9.